The Morgan fingerprint density at radius 1 is 1.04 bits per heavy atom. The lowest BCUT2D eigenvalue weighted by molar-refractivity contribution is 0.0105. The monoisotopic (exact) mass is 383 g/mol. The third-order valence-corrected chi connectivity index (χ3v) is 6.17. The van der Waals surface area contributed by atoms with Gasteiger partial charge >= 0.3 is 5.97 Å². The van der Waals surface area contributed by atoms with Gasteiger partial charge in [-0.15, -0.1) is 0 Å². The van der Waals surface area contributed by atoms with Gasteiger partial charge in [-0.3, -0.25) is 0 Å². The van der Waals surface area contributed by atoms with Crippen molar-refractivity contribution >= 4 is 5.97 Å². The van der Waals surface area contributed by atoms with Crippen LogP contribution in [-0.2, 0) is 11.2 Å². The van der Waals surface area contributed by atoms with Gasteiger partial charge in [-0.1, -0.05) is 64.5 Å². The Bertz CT molecular complexity index is 621. The molecular formula is C25H37NO2. The highest BCUT2D eigenvalue weighted by Crippen LogP contribution is 2.41. The van der Waals surface area contributed by atoms with Crippen molar-refractivity contribution in [2.45, 2.75) is 103 Å². The van der Waals surface area contributed by atoms with E-state index < -0.39 is 0 Å². The molecule has 0 heterocycles. The second-order valence-corrected chi connectivity index (χ2v) is 8.46. The number of aryl methyl sites for hydroxylation is 1. The number of unbranched alkanes of at least 4 members (excludes halogenated alkanes) is 5. The lowest BCUT2D eigenvalue weighted by atomic mass is 9.71. The molecule has 1 aliphatic rings. The number of esters is 1. The van der Waals surface area contributed by atoms with Crippen molar-refractivity contribution in [2.75, 3.05) is 0 Å². The molecule has 0 atom stereocenters. The molecular weight excluding hydrogens is 346 g/mol. The number of carbonyl (C=O) groups is 1. The summed E-state index contributed by atoms with van der Waals surface area (Å²) in [4.78, 5) is 12.5. The number of benzene rings is 1. The van der Waals surface area contributed by atoms with Gasteiger partial charge in [0.15, 0.2) is 0 Å². The summed E-state index contributed by atoms with van der Waals surface area (Å²) in [6.07, 6.45) is 13.9. The van der Waals surface area contributed by atoms with Gasteiger partial charge in [-0.2, -0.15) is 5.26 Å². The molecule has 28 heavy (non-hydrogen) atoms. The molecule has 2 rings (SSSR count). The van der Waals surface area contributed by atoms with E-state index in [1.807, 2.05) is 24.3 Å². The maximum atomic E-state index is 12.5. The average molecular weight is 384 g/mol. The Balaban J connectivity index is 1.77. The van der Waals surface area contributed by atoms with E-state index in [1.54, 1.807) is 0 Å². The van der Waals surface area contributed by atoms with Crippen LogP contribution in [0, 0.1) is 16.7 Å². The highest BCUT2D eigenvalue weighted by atomic mass is 16.5. The molecule has 0 bridgehead atoms. The molecule has 1 aromatic carbocycles. The molecule has 0 aliphatic heterocycles. The van der Waals surface area contributed by atoms with Crippen molar-refractivity contribution in [3.8, 4) is 6.07 Å². The summed E-state index contributed by atoms with van der Waals surface area (Å²) < 4.78 is 5.75. The number of nitriles is 1. The van der Waals surface area contributed by atoms with Gasteiger partial charge in [0.25, 0.3) is 0 Å². The van der Waals surface area contributed by atoms with Crippen LogP contribution in [0.2, 0.25) is 0 Å². The second-order valence-electron chi connectivity index (χ2n) is 8.46. The van der Waals surface area contributed by atoms with Crippen LogP contribution < -0.4 is 0 Å². The molecule has 154 valence electrons. The molecule has 0 N–H and O–H groups in total. The van der Waals surface area contributed by atoms with Crippen LogP contribution in [-0.4, -0.2) is 12.1 Å². The quantitative estimate of drug-likeness (QED) is 0.305. The third-order valence-electron chi connectivity index (χ3n) is 6.17. The lowest BCUT2D eigenvalue weighted by Gasteiger charge is -2.34. The minimum absolute atomic E-state index is 0.0474. The van der Waals surface area contributed by atoms with Crippen LogP contribution in [0.25, 0.3) is 0 Å². The van der Waals surface area contributed by atoms with Crippen molar-refractivity contribution in [2.24, 2.45) is 5.41 Å². The van der Waals surface area contributed by atoms with Crippen molar-refractivity contribution in [3.63, 3.8) is 0 Å². The predicted octanol–water partition coefficient (Wildman–Crippen LogP) is 7.00. The third kappa shape index (κ3) is 6.97. The summed E-state index contributed by atoms with van der Waals surface area (Å²) in [6, 6.07) is 10.4. The van der Waals surface area contributed by atoms with E-state index in [1.165, 1.54) is 44.1 Å². The van der Waals surface area contributed by atoms with Crippen LogP contribution in [0.4, 0.5) is 0 Å². The predicted molar refractivity (Wildman–Crippen MR) is 114 cm³/mol. The summed E-state index contributed by atoms with van der Waals surface area (Å²) in [5.41, 5.74) is 1.71. The van der Waals surface area contributed by atoms with E-state index in [2.05, 4.69) is 19.9 Å². The van der Waals surface area contributed by atoms with Crippen molar-refractivity contribution in [1.82, 2.24) is 0 Å². The molecule has 0 saturated heterocycles. The number of hydrogen-bond acceptors (Lipinski definition) is 3. The van der Waals surface area contributed by atoms with Crippen LogP contribution in [0.5, 0.6) is 0 Å². The fraction of sp³-hybridized carbons (Fsp3) is 0.680. The topological polar surface area (TPSA) is 50.1 Å². The van der Waals surface area contributed by atoms with E-state index in [0.29, 0.717) is 5.56 Å². The van der Waals surface area contributed by atoms with E-state index in [0.717, 1.165) is 44.9 Å². The first-order chi connectivity index (χ1) is 13.6. The first-order valence-electron chi connectivity index (χ1n) is 11.3. The zero-order valence-corrected chi connectivity index (χ0v) is 17.8. The average Bonchev–Trinajstić information content (AvgIpc) is 2.74. The van der Waals surface area contributed by atoms with E-state index in [9.17, 15) is 10.1 Å². The summed E-state index contributed by atoms with van der Waals surface area (Å²) in [6.45, 7) is 4.41. The zero-order chi connectivity index (χ0) is 20.2. The van der Waals surface area contributed by atoms with Crippen LogP contribution in [0.15, 0.2) is 24.3 Å². The Labute approximate surface area is 171 Å². The van der Waals surface area contributed by atoms with Gasteiger partial charge in [-0.05, 0) is 62.6 Å². The Morgan fingerprint density at radius 2 is 1.68 bits per heavy atom. The highest BCUT2D eigenvalue weighted by molar-refractivity contribution is 5.89. The largest absolute Gasteiger partial charge is 0.459 e. The summed E-state index contributed by atoms with van der Waals surface area (Å²) in [5.74, 6) is -0.226. The Kier molecular flexibility index (Phi) is 9.55. The number of carbonyl (C=O) groups excluding carboxylic acids is 1. The fourth-order valence-corrected chi connectivity index (χ4v) is 4.15. The van der Waals surface area contributed by atoms with Crippen molar-refractivity contribution in [1.29, 1.82) is 5.26 Å². The van der Waals surface area contributed by atoms with Gasteiger partial charge in [0.2, 0.25) is 0 Å². The molecule has 1 fully saturated rings. The molecule has 3 nitrogen and oxygen atoms in total. The zero-order valence-electron chi connectivity index (χ0n) is 17.8. The Hall–Kier alpha value is -1.82. The van der Waals surface area contributed by atoms with Crippen LogP contribution in [0.1, 0.15) is 107 Å². The summed E-state index contributed by atoms with van der Waals surface area (Å²) in [7, 11) is 0. The maximum Gasteiger partial charge on any atom is 0.338 e. The number of hydrogen-bond donors (Lipinski definition) is 0. The van der Waals surface area contributed by atoms with Crippen LogP contribution >= 0.6 is 0 Å². The minimum atomic E-state index is -0.226. The minimum Gasteiger partial charge on any atom is -0.459 e. The molecule has 1 aliphatic carbocycles. The standard InChI is InChI=1S/C25H37NO2/c1-3-5-7-8-9-17-25(20-26)18-15-23(16-19-25)28-24(27)22-13-11-21(12-14-22)10-6-4-2/h11-14,23H,3-10,15-19H2,1-2H3. The summed E-state index contributed by atoms with van der Waals surface area (Å²) >= 11 is 0. The number of rotatable bonds is 11. The molecule has 1 saturated carbocycles. The molecule has 1 aromatic rings. The molecule has 3 heteroatoms. The molecule has 0 unspecified atom stereocenters. The Morgan fingerprint density at radius 3 is 2.29 bits per heavy atom. The van der Waals surface area contributed by atoms with Gasteiger partial charge in [0.05, 0.1) is 17.0 Å². The second kappa shape index (κ2) is 11.9. The normalized spacial score (nSPS) is 21.8. The first-order valence-corrected chi connectivity index (χ1v) is 11.3. The highest BCUT2D eigenvalue weighted by Gasteiger charge is 2.36. The van der Waals surface area contributed by atoms with Gasteiger partial charge in [-0.25, -0.2) is 4.79 Å². The first kappa shape index (κ1) is 22.5. The van der Waals surface area contributed by atoms with Gasteiger partial charge < -0.3 is 4.74 Å². The fourth-order valence-electron chi connectivity index (χ4n) is 4.15. The van der Waals surface area contributed by atoms with Crippen LogP contribution in [0.3, 0.4) is 0 Å². The van der Waals surface area contributed by atoms with Gasteiger partial charge in [0, 0.05) is 0 Å². The number of ether oxygens (including phenoxy) is 1. The summed E-state index contributed by atoms with van der Waals surface area (Å²) in [5, 5.41) is 9.72. The molecule has 0 radical (unpaired) electrons. The maximum absolute atomic E-state index is 12.5. The van der Waals surface area contributed by atoms with E-state index in [-0.39, 0.29) is 17.5 Å². The molecule has 0 aromatic heterocycles. The van der Waals surface area contributed by atoms with E-state index >= 15 is 0 Å². The number of nitrogens with zero attached hydrogens (tertiary/aromatic N) is 1. The lowest BCUT2D eigenvalue weighted by Crippen LogP contribution is -2.31. The molecule has 0 amide bonds. The molecule has 0 spiro atoms. The van der Waals surface area contributed by atoms with E-state index in [4.69, 9.17) is 4.74 Å². The van der Waals surface area contributed by atoms with Gasteiger partial charge in [0.1, 0.15) is 6.10 Å². The smallest absolute Gasteiger partial charge is 0.338 e. The van der Waals surface area contributed by atoms with Crippen molar-refractivity contribution < 1.29 is 9.53 Å². The SMILES string of the molecule is CCCCCCCC1(C#N)CCC(OC(=O)c2ccc(CCCC)cc2)CC1. The van der Waals surface area contributed by atoms with Crippen molar-refractivity contribution in [3.05, 3.63) is 35.4 Å².